The lowest BCUT2D eigenvalue weighted by molar-refractivity contribution is 0.0169. The zero-order chi connectivity index (χ0) is 15.6. The van der Waals surface area contributed by atoms with Crippen molar-refractivity contribution in [1.82, 2.24) is 25.1 Å². The van der Waals surface area contributed by atoms with Gasteiger partial charge in [-0.15, -0.1) is 0 Å². The average molecular weight is 316 g/mol. The lowest BCUT2D eigenvalue weighted by Gasteiger charge is -2.36. The van der Waals surface area contributed by atoms with Crippen LogP contribution in [0.3, 0.4) is 0 Å². The van der Waals surface area contributed by atoms with Gasteiger partial charge in [0.15, 0.2) is 5.65 Å². The summed E-state index contributed by atoms with van der Waals surface area (Å²) in [7, 11) is 0. The highest BCUT2D eigenvalue weighted by Crippen LogP contribution is 2.26. The number of ether oxygens (including phenoxy) is 1. The smallest absolute Gasteiger partial charge is 0.161 e. The number of rotatable bonds is 2. The molecule has 4 heterocycles. The summed E-state index contributed by atoms with van der Waals surface area (Å²) in [5.74, 6) is 1.82. The quantitative estimate of drug-likeness (QED) is 0.902. The van der Waals surface area contributed by atoms with Crippen LogP contribution in [0.15, 0.2) is 6.20 Å². The van der Waals surface area contributed by atoms with Crippen LogP contribution in [0.1, 0.15) is 25.1 Å². The average Bonchev–Trinajstić information content (AvgIpc) is 2.90. The van der Waals surface area contributed by atoms with Crippen LogP contribution in [0.2, 0.25) is 0 Å². The van der Waals surface area contributed by atoms with Crippen LogP contribution in [0.4, 0.5) is 5.82 Å². The number of nitrogens with zero attached hydrogens (tertiary/aromatic N) is 5. The second-order valence-corrected chi connectivity index (χ2v) is 6.47. The van der Waals surface area contributed by atoms with Gasteiger partial charge in [-0.3, -0.25) is 10.00 Å². The molecule has 1 N–H and O–H groups in total. The van der Waals surface area contributed by atoms with Gasteiger partial charge in [0.2, 0.25) is 0 Å². The molecule has 2 aliphatic rings. The van der Waals surface area contributed by atoms with Crippen LogP contribution in [-0.2, 0) is 4.74 Å². The number of hydrogen-bond acceptors (Lipinski definition) is 6. The fourth-order valence-electron chi connectivity index (χ4n) is 3.72. The fourth-order valence-corrected chi connectivity index (χ4v) is 3.72. The molecule has 0 unspecified atom stereocenters. The van der Waals surface area contributed by atoms with Gasteiger partial charge in [-0.25, -0.2) is 9.97 Å². The van der Waals surface area contributed by atoms with Crippen molar-refractivity contribution in [3.63, 3.8) is 0 Å². The van der Waals surface area contributed by atoms with E-state index in [0.29, 0.717) is 6.04 Å². The number of nitrogens with one attached hydrogen (secondary N) is 1. The predicted molar refractivity (Wildman–Crippen MR) is 88.7 cm³/mol. The highest BCUT2D eigenvalue weighted by Gasteiger charge is 2.27. The zero-order valence-electron chi connectivity index (χ0n) is 13.7. The van der Waals surface area contributed by atoms with Gasteiger partial charge in [-0.2, -0.15) is 5.10 Å². The van der Waals surface area contributed by atoms with E-state index in [1.165, 1.54) is 19.3 Å². The monoisotopic (exact) mass is 316 g/mol. The van der Waals surface area contributed by atoms with Gasteiger partial charge in [0.1, 0.15) is 11.6 Å². The number of hydrogen-bond donors (Lipinski definition) is 1. The molecule has 1 atom stereocenters. The Bertz CT molecular complexity index is 666. The van der Waals surface area contributed by atoms with Gasteiger partial charge in [-0.05, 0) is 19.8 Å². The number of morpholine rings is 1. The molecule has 2 aromatic heterocycles. The Morgan fingerprint density at radius 2 is 2.04 bits per heavy atom. The third-order valence-corrected chi connectivity index (χ3v) is 4.91. The van der Waals surface area contributed by atoms with Crippen molar-refractivity contribution in [2.45, 2.75) is 32.2 Å². The van der Waals surface area contributed by atoms with Crippen molar-refractivity contribution in [3.05, 3.63) is 12.0 Å². The van der Waals surface area contributed by atoms with E-state index in [4.69, 9.17) is 9.72 Å². The van der Waals surface area contributed by atoms with E-state index in [1.807, 2.05) is 13.1 Å². The zero-order valence-corrected chi connectivity index (χ0v) is 13.7. The van der Waals surface area contributed by atoms with Gasteiger partial charge >= 0.3 is 0 Å². The van der Waals surface area contributed by atoms with Crippen molar-refractivity contribution >= 4 is 16.9 Å². The second kappa shape index (κ2) is 6.41. The molecule has 0 amide bonds. The summed E-state index contributed by atoms with van der Waals surface area (Å²) in [5, 5.41) is 8.15. The third kappa shape index (κ3) is 3.03. The molecule has 7 heteroatoms. The molecular weight excluding hydrogens is 292 g/mol. The Kier molecular flexibility index (Phi) is 4.13. The molecule has 2 saturated heterocycles. The van der Waals surface area contributed by atoms with Gasteiger partial charge in [0.25, 0.3) is 0 Å². The first-order valence-corrected chi connectivity index (χ1v) is 8.56. The van der Waals surface area contributed by atoms with Crippen LogP contribution in [0, 0.1) is 6.92 Å². The van der Waals surface area contributed by atoms with Crippen molar-refractivity contribution in [2.75, 3.05) is 44.3 Å². The molecule has 0 aliphatic carbocycles. The van der Waals surface area contributed by atoms with Crippen LogP contribution in [0.25, 0.3) is 11.0 Å². The van der Waals surface area contributed by atoms with Crippen LogP contribution in [0.5, 0.6) is 0 Å². The van der Waals surface area contributed by atoms with E-state index >= 15 is 0 Å². The minimum absolute atomic E-state index is 0.582. The molecule has 0 radical (unpaired) electrons. The number of aromatic nitrogens is 4. The Morgan fingerprint density at radius 3 is 2.91 bits per heavy atom. The Balaban J connectivity index is 1.62. The molecular formula is C16H24N6O. The normalized spacial score (nSPS) is 24.0. The number of fused-ring (bicyclic) bond motifs is 1. The predicted octanol–water partition coefficient (Wildman–Crippen LogP) is 1.35. The first-order valence-electron chi connectivity index (χ1n) is 8.56. The molecule has 0 bridgehead atoms. The summed E-state index contributed by atoms with van der Waals surface area (Å²) in [6.45, 7) is 7.82. The summed E-state index contributed by atoms with van der Waals surface area (Å²) in [5.41, 5.74) is 0.833. The maximum atomic E-state index is 5.51. The van der Waals surface area contributed by atoms with E-state index in [0.717, 1.165) is 62.1 Å². The lowest BCUT2D eigenvalue weighted by Crippen LogP contribution is -2.48. The maximum absolute atomic E-state index is 5.51. The summed E-state index contributed by atoms with van der Waals surface area (Å²) in [4.78, 5) is 14.2. The van der Waals surface area contributed by atoms with E-state index in [-0.39, 0.29) is 0 Å². The van der Waals surface area contributed by atoms with Crippen molar-refractivity contribution in [3.8, 4) is 0 Å². The molecule has 23 heavy (non-hydrogen) atoms. The molecule has 124 valence electrons. The number of H-pyrrole nitrogens is 1. The fraction of sp³-hybridized carbons (Fsp3) is 0.688. The standard InChI is InChI=1S/C16H24N6O/c1-12-18-15-14(10-17-20-15)16(19-12)22-5-3-2-4-13(11-22)21-6-8-23-9-7-21/h10,13H,2-9,11H2,1H3,(H,17,18,19,20)/t13-/m0/s1. The Hall–Kier alpha value is -1.73. The van der Waals surface area contributed by atoms with E-state index in [2.05, 4.69) is 25.0 Å². The molecule has 2 aliphatic heterocycles. The molecule has 2 aromatic rings. The molecule has 0 saturated carbocycles. The number of aromatic amines is 1. The molecule has 0 aromatic carbocycles. The second-order valence-electron chi connectivity index (χ2n) is 6.47. The minimum Gasteiger partial charge on any atom is -0.379 e. The van der Waals surface area contributed by atoms with Crippen molar-refractivity contribution in [1.29, 1.82) is 0 Å². The highest BCUT2D eigenvalue weighted by atomic mass is 16.5. The molecule has 2 fully saturated rings. The first-order chi connectivity index (χ1) is 11.3. The van der Waals surface area contributed by atoms with Crippen molar-refractivity contribution in [2.24, 2.45) is 0 Å². The Labute approximate surface area is 136 Å². The van der Waals surface area contributed by atoms with Gasteiger partial charge in [0, 0.05) is 32.2 Å². The molecule has 0 spiro atoms. The first kappa shape index (κ1) is 14.8. The SMILES string of the molecule is Cc1nc(N2CCCC[C@H](N3CCOCC3)C2)c2cn[nH]c2n1. The largest absolute Gasteiger partial charge is 0.379 e. The minimum atomic E-state index is 0.582. The van der Waals surface area contributed by atoms with E-state index in [9.17, 15) is 0 Å². The topological polar surface area (TPSA) is 70.2 Å². The van der Waals surface area contributed by atoms with Crippen LogP contribution < -0.4 is 4.90 Å². The van der Waals surface area contributed by atoms with Crippen LogP contribution >= 0.6 is 0 Å². The maximum Gasteiger partial charge on any atom is 0.161 e. The lowest BCUT2D eigenvalue weighted by atomic mass is 10.1. The highest BCUT2D eigenvalue weighted by molar-refractivity contribution is 5.86. The Morgan fingerprint density at radius 1 is 1.17 bits per heavy atom. The van der Waals surface area contributed by atoms with E-state index in [1.54, 1.807) is 0 Å². The summed E-state index contributed by atoms with van der Waals surface area (Å²) < 4.78 is 5.51. The van der Waals surface area contributed by atoms with Gasteiger partial charge in [-0.1, -0.05) is 6.42 Å². The molecule has 7 nitrogen and oxygen atoms in total. The summed E-state index contributed by atoms with van der Waals surface area (Å²) >= 11 is 0. The summed E-state index contributed by atoms with van der Waals surface area (Å²) in [6.07, 6.45) is 5.59. The van der Waals surface area contributed by atoms with Gasteiger partial charge < -0.3 is 9.64 Å². The number of anilines is 1. The van der Waals surface area contributed by atoms with Gasteiger partial charge in [0.05, 0.1) is 24.8 Å². The third-order valence-electron chi connectivity index (χ3n) is 4.91. The van der Waals surface area contributed by atoms with Crippen molar-refractivity contribution < 1.29 is 4.74 Å². The molecule has 4 rings (SSSR count). The number of aryl methyl sites for hydroxylation is 1. The van der Waals surface area contributed by atoms with E-state index < -0.39 is 0 Å². The summed E-state index contributed by atoms with van der Waals surface area (Å²) in [6, 6.07) is 0.582. The van der Waals surface area contributed by atoms with Crippen LogP contribution in [-0.4, -0.2) is 70.5 Å².